The first-order chi connectivity index (χ1) is 7.90. The third-order valence-electron chi connectivity index (χ3n) is 3.98. The van der Waals surface area contributed by atoms with Crippen molar-refractivity contribution in [3.63, 3.8) is 0 Å². The second-order valence-corrected chi connectivity index (χ2v) is 5.77. The summed E-state index contributed by atoms with van der Waals surface area (Å²) in [5.41, 5.74) is -0.677. The minimum atomic E-state index is -0.677. The number of ether oxygens (including phenoxy) is 1. The van der Waals surface area contributed by atoms with Crippen LogP contribution in [0.3, 0.4) is 0 Å². The molecular weight excluding hydrogens is 214 g/mol. The summed E-state index contributed by atoms with van der Waals surface area (Å²) in [5.74, 6) is 1.15. The van der Waals surface area contributed by atoms with Gasteiger partial charge in [0.15, 0.2) is 5.60 Å². The third-order valence-corrected chi connectivity index (χ3v) is 3.98. The summed E-state index contributed by atoms with van der Waals surface area (Å²) < 4.78 is 5.86. The van der Waals surface area contributed by atoms with Crippen LogP contribution in [0.15, 0.2) is 0 Å². The second-order valence-electron chi connectivity index (χ2n) is 5.77. The van der Waals surface area contributed by atoms with Crippen LogP contribution in [0.1, 0.15) is 53.4 Å². The van der Waals surface area contributed by atoms with Gasteiger partial charge in [-0.1, -0.05) is 13.8 Å². The normalized spacial score (nSPS) is 33.1. The molecule has 0 aromatic rings. The fraction of sp³-hybridized carbons (Fsp3) is 0.929. The molecule has 4 unspecified atom stereocenters. The van der Waals surface area contributed by atoms with Gasteiger partial charge in [-0.25, -0.2) is 0 Å². The lowest BCUT2D eigenvalue weighted by Gasteiger charge is -2.39. The molecule has 1 fully saturated rings. The van der Waals surface area contributed by atoms with Crippen molar-refractivity contribution in [3.05, 3.63) is 0 Å². The summed E-state index contributed by atoms with van der Waals surface area (Å²) in [5, 5.41) is 18.9. The molecule has 0 radical (unpaired) electrons. The number of nitrogens with zero attached hydrogens (tertiary/aromatic N) is 1. The largest absolute Gasteiger partial charge is 0.391 e. The Kier molecular flexibility index (Phi) is 4.97. The van der Waals surface area contributed by atoms with Gasteiger partial charge in [0.2, 0.25) is 0 Å². The quantitative estimate of drug-likeness (QED) is 0.820. The van der Waals surface area contributed by atoms with Crippen molar-refractivity contribution in [3.8, 4) is 6.07 Å². The lowest BCUT2D eigenvalue weighted by Crippen LogP contribution is -2.43. The van der Waals surface area contributed by atoms with Crippen molar-refractivity contribution in [2.24, 2.45) is 11.8 Å². The van der Waals surface area contributed by atoms with Crippen LogP contribution in [0.4, 0.5) is 0 Å². The van der Waals surface area contributed by atoms with Crippen molar-refractivity contribution in [2.45, 2.75) is 71.2 Å². The molecule has 0 heterocycles. The molecule has 0 bridgehead atoms. The Balaban J connectivity index is 2.71. The molecule has 0 spiro atoms. The molecule has 1 aliphatic carbocycles. The fourth-order valence-electron chi connectivity index (χ4n) is 2.54. The van der Waals surface area contributed by atoms with Crippen LogP contribution >= 0.6 is 0 Å². The van der Waals surface area contributed by atoms with E-state index in [2.05, 4.69) is 19.9 Å². The van der Waals surface area contributed by atoms with E-state index in [-0.39, 0.29) is 6.10 Å². The number of aliphatic hydroxyl groups excluding tert-OH is 1. The van der Waals surface area contributed by atoms with E-state index in [0.717, 1.165) is 19.3 Å². The van der Waals surface area contributed by atoms with Crippen LogP contribution in [0.5, 0.6) is 0 Å². The molecule has 1 rings (SSSR count). The molecule has 1 saturated carbocycles. The highest BCUT2D eigenvalue weighted by Gasteiger charge is 2.40. The predicted octanol–water partition coefficient (Wildman–Crippen LogP) is 2.88. The van der Waals surface area contributed by atoms with Gasteiger partial charge in [-0.3, -0.25) is 0 Å². The summed E-state index contributed by atoms with van der Waals surface area (Å²) in [7, 11) is 0. The first-order valence-corrected chi connectivity index (χ1v) is 6.67. The Hall–Kier alpha value is -0.590. The minimum Gasteiger partial charge on any atom is -0.391 e. The lowest BCUT2D eigenvalue weighted by atomic mass is 9.74. The summed E-state index contributed by atoms with van der Waals surface area (Å²) in [6.45, 7) is 7.95. The van der Waals surface area contributed by atoms with Crippen molar-refractivity contribution < 1.29 is 9.84 Å². The zero-order chi connectivity index (χ0) is 13.1. The highest BCUT2D eigenvalue weighted by atomic mass is 16.5. The van der Waals surface area contributed by atoms with Gasteiger partial charge >= 0.3 is 0 Å². The Morgan fingerprint density at radius 2 is 2.00 bits per heavy atom. The number of hydrogen-bond acceptors (Lipinski definition) is 3. The maximum Gasteiger partial charge on any atom is 0.155 e. The molecule has 4 atom stereocenters. The van der Waals surface area contributed by atoms with Crippen LogP contribution < -0.4 is 0 Å². The fourth-order valence-corrected chi connectivity index (χ4v) is 2.54. The van der Waals surface area contributed by atoms with Gasteiger partial charge in [-0.05, 0) is 51.4 Å². The molecule has 1 aliphatic rings. The minimum absolute atomic E-state index is 0.277. The van der Waals surface area contributed by atoms with Crippen LogP contribution in [0.2, 0.25) is 0 Å². The molecule has 1 N–H and O–H groups in total. The third kappa shape index (κ3) is 3.69. The van der Waals surface area contributed by atoms with Gasteiger partial charge in [-0.2, -0.15) is 5.26 Å². The smallest absolute Gasteiger partial charge is 0.155 e. The van der Waals surface area contributed by atoms with Gasteiger partial charge in [-0.15, -0.1) is 0 Å². The lowest BCUT2D eigenvalue weighted by molar-refractivity contribution is -0.119. The second kappa shape index (κ2) is 5.84. The van der Waals surface area contributed by atoms with Gasteiger partial charge in [0.1, 0.15) is 0 Å². The van der Waals surface area contributed by atoms with E-state index in [1.165, 1.54) is 6.42 Å². The van der Waals surface area contributed by atoms with E-state index < -0.39 is 11.7 Å². The molecule has 98 valence electrons. The molecule has 0 amide bonds. The average molecular weight is 239 g/mol. The van der Waals surface area contributed by atoms with E-state index in [0.29, 0.717) is 11.8 Å². The van der Waals surface area contributed by atoms with E-state index in [9.17, 15) is 10.4 Å². The van der Waals surface area contributed by atoms with E-state index in [1.54, 1.807) is 6.92 Å². The summed E-state index contributed by atoms with van der Waals surface area (Å²) in [4.78, 5) is 0. The monoisotopic (exact) mass is 239 g/mol. The van der Waals surface area contributed by atoms with Gasteiger partial charge in [0.25, 0.3) is 0 Å². The summed E-state index contributed by atoms with van der Waals surface area (Å²) in [6, 6.07) is 2.35. The molecule has 0 aromatic carbocycles. The van der Waals surface area contributed by atoms with Crippen LogP contribution in [0, 0.1) is 23.2 Å². The molecule has 0 aliphatic heterocycles. The van der Waals surface area contributed by atoms with E-state index >= 15 is 0 Å². The highest BCUT2D eigenvalue weighted by molar-refractivity contribution is 5.06. The summed E-state index contributed by atoms with van der Waals surface area (Å²) >= 11 is 0. The Morgan fingerprint density at radius 1 is 1.35 bits per heavy atom. The van der Waals surface area contributed by atoms with Gasteiger partial charge in [0, 0.05) is 0 Å². The maximum absolute atomic E-state index is 9.50. The van der Waals surface area contributed by atoms with Crippen molar-refractivity contribution in [1.29, 1.82) is 5.26 Å². The van der Waals surface area contributed by atoms with Crippen LogP contribution in [-0.4, -0.2) is 22.9 Å². The van der Waals surface area contributed by atoms with Crippen molar-refractivity contribution >= 4 is 0 Å². The molecule has 17 heavy (non-hydrogen) atoms. The zero-order valence-corrected chi connectivity index (χ0v) is 11.4. The zero-order valence-electron chi connectivity index (χ0n) is 11.4. The SMILES string of the molecule is CC(C)C1CCCC(C#N)(OC(C)C(C)O)C1. The molecule has 0 saturated heterocycles. The predicted molar refractivity (Wildman–Crippen MR) is 67.4 cm³/mol. The molecule has 3 nitrogen and oxygen atoms in total. The Bertz CT molecular complexity index is 278. The Morgan fingerprint density at radius 3 is 2.47 bits per heavy atom. The van der Waals surface area contributed by atoms with Crippen LogP contribution in [-0.2, 0) is 4.74 Å². The first-order valence-electron chi connectivity index (χ1n) is 6.67. The van der Waals surface area contributed by atoms with E-state index in [1.807, 2.05) is 6.92 Å². The molecular formula is C14H25NO2. The van der Waals surface area contributed by atoms with Gasteiger partial charge < -0.3 is 9.84 Å². The van der Waals surface area contributed by atoms with E-state index in [4.69, 9.17) is 4.74 Å². The summed E-state index contributed by atoms with van der Waals surface area (Å²) in [6.07, 6.45) is 3.03. The number of nitriles is 1. The number of hydrogen-bond donors (Lipinski definition) is 1. The number of aliphatic hydroxyl groups is 1. The number of rotatable bonds is 4. The first kappa shape index (κ1) is 14.5. The average Bonchev–Trinajstić information content (AvgIpc) is 2.29. The van der Waals surface area contributed by atoms with Crippen molar-refractivity contribution in [1.82, 2.24) is 0 Å². The molecule has 3 heteroatoms. The molecule has 0 aromatic heterocycles. The van der Waals surface area contributed by atoms with Crippen molar-refractivity contribution in [2.75, 3.05) is 0 Å². The van der Waals surface area contributed by atoms with Gasteiger partial charge in [0.05, 0.1) is 18.3 Å². The Labute approximate surface area is 105 Å². The maximum atomic E-state index is 9.50. The van der Waals surface area contributed by atoms with Crippen LogP contribution in [0.25, 0.3) is 0 Å². The standard InChI is InChI=1S/C14H25NO2/c1-10(2)13-6-5-7-14(8-13,9-15)17-12(4)11(3)16/h10-13,16H,5-8H2,1-4H3. The highest BCUT2D eigenvalue weighted by Crippen LogP contribution is 2.39. The topological polar surface area (TPSA) is 53.2 Å².